The van der Waals surface area contributed by atoms with Crippen LogP contribution in [-0.4, -0.2) is 35.0 Å². The summed E-state index contributed by atoms with van der Waals surface area (Å²) in [6.07, 6.45) is 0.246. The van der Waals surface area contributed by atoms with Gasteiger partial charge in [-0.2, -0.15) is 0 Å². The van der Waals surface area contributed by atoms with Crippen LogP contribution in [0.2, 0.25) is 0 Å². The van der Waals surface area contributed by atoms with Crippen LogP contribution in [0.25, 0.3) is 0 Å². The summed E-state index contributed by atoms with van der Waals surface area (Å²) in [5.41, 5.74) is 10.5. The Hall–Kier alpha value is -1.63. The number of hydrogen-bond acceptors (Lipinski definition) is 4. The number of carbonyl (C=O) groups is 3. The Morgan fingerprint density at radius 2 is 1.88 bits per heavy atom. The van der Waals surface area contributed by atoms with E-state index in [9.17, 15) is 14.4 Å². The molecule has 0 saturated carbocycles. The summed E-state index contributed by atoms with van der Waals surface area (Å²) in [4.78, 5) is 33.0. The molecule has 0 rings (SSSR count). The molecule has 0 aromatic rings. The first-order valence-electron chi connectivity index (χ1n) is 5.36. The van der Waals surface area contributed by atoms with Gasteiger partial charge in [0.2, 0.25) is 11.8 Å². The molecule has 2 unspecified atom stereocenters. The van der Waals surface area contributed by atoms with Crippen LogP contribution in [0.5, 0.6) is 0 Å². The van der Waals surface area contributed by atoms with Crippen molar-refractivity contribution in [3.63, 3.8) is 0 Å². The van der Waals surface area contributed by atoms with Gasteiger partial charge in [0, 0.05) is 0 Å². The van der Waals surface area contributed by atoms with Gasteiger partial charge in [-0.25, -0.2) is 4.79 Å². The molecule has 7 nitrogen and oxygen atoms in total. The fourth-order valence-corrected chi connectivity index (χ4v) is 1.18. The predicted molar refractivity (Wildman–Crippen MR) is 60.8 cm³/mol. The molecule has 0 bridgehead atoms. The van der Waals surface area contributed by atoms with Gasteiger partial charge >= 0.3 is 5.97 Å². The first kappa shape index (κ1) is 15.4. The molecule has 0 radical (unpaired) electrons. The topological polar surface area (TPSA) is 136 Å². The Morgan fingerprint density at radius 3 is 2.24 bits per heavy atom. The minimum atomic E-state index is -1.32. The summed E-state index contributed by atoms with van der Waals surface area (Å²) < 4.78 is 0. The van der Waals surface area contributed by atoms with Crippen molar-refractivity contribution in [3.8, 4) is 0 Å². The number of aliphatic carboxylic acids is 1. The van der Waals surface area contributed by atoms with Crippen molar-refractivity contribution in [1.29, 1.82) is 0 Å². The van der Waals surface area contributed by atoms with Crippen molar-refractivity contribution < 1.29 is 19.5 Å². The molecule has 0 spiro atoms. The summed E-state index contributed by atoms with van der Waals surface area (Å²) in [5, 5.41) is 11.0. The van der Waals surface area contributed by atoms with Crippen LogP contribution in [0.15, 0.2) is 0 Å². The van der Waals surface area contributed by atoms with E-state index in [0.29, 0.717) is 6.42 Å². The van der Waals surface area contributed by atoms with Crippen molar-refractivity contribution in [2.75, 3.05) is 0 Å². The molecule has 6 N–H and O–H groups in total. The van der Waals surface area contributed by atoms with E-state index in [2.05, 4.69) is 5.32 Å². The van der Waals surface area contributed by atoms with E-state index < -0.39 is 36.3 Å². The van der Waals surface area contributed by atoms with Crippen molar-refractivity contribution >= 4 is 17.8 Å². The maximum Gasteiger partial charge on any atom is 0.326 e. The molecule has 0 fully saturated rings. The van der Waals surface area contributed by atoms with E-state index in [0.717, 1.165) is 0 Å². The van der Waals surface area contributed by atoms with E-state index in [1.165, 1.54) is 0 Å². The van der Waals surface area contributed by atoms with Gasteiger partial charge in [0.1, 0.15) is 6.04 Å². The Balaban J connectivity index is 4.50. The van der Waals surface area contributed by atoms with Crippen LogP contribution in [-0.2, 0) is 14.4 Å². The van der Waals surface area contributed by atoms with E-state index in [1.807, 2.05) is 6.92 Å². The number of carboxylic acids is 1. The number of amides is 2. The van der Waals surface area contributed by atoms with Gasteiger partial charge in [0.15, 0.2) is 0 Å². The number of nitrogens with two attached hydrogens (primary N) is 2. The highest BCUT2D eigenvalue weighted by Gasteiger charge is 2.26. The minimum Gasteiger partial charge on any atom is -0.480 e. The van der Waals surface area contributed by atoms with Crippen LogP contribution < -0.4 is 16.8 Å². The Labute approximate surface area is 99.5 Å². The minimum absolute atomic E-state index is 0.0713. The van der Waals surface area contributed by atoms with Gasteiger partial charge in [0.05, 0.1) is 12.5 Å². The second-order valence-corrected chi connectivity index (χ2v) is 3.98. The van der Waals surface area contributed by atoms with E-state index in [1.54, 1.807) is 6.92 Å². The van der Waals surface area contributed by atoms with Gasteiger partial charge < -0.3 is 21.9 Å². The van der Waals surface area contributed by atoms with Gasteiger partial charge in [-0.15, -0.1) is 0 Å². The van der Waals surface area contributed by atoms with Gasteiger partial charge in [-0.05, 0) is 5.92 Å². The molecule has 0 saturated heterocycles. The lowest BCUT2D eigenvalue weighted by Gasteiger charge is -2.20. The number of carboxylic acid groups (broad SMARTS) is 1. The van der Waals surface area contributed by atoms with E-state index in [-0.39, 0.29) is 5.92 Å². The Morgan fingerprint density at radius 1 is 1.35 bits per heavy atom. The summed E-state index contributed by atoms with van der Waals surface area (Å²) >= 11 is 0. The van der Waals surface area contributed by atoms with Crippen molar-refractivity contribution in [2.45, 2.75) is 38.8 Å². The van der Waals surface area contributed by atoms with Crippen molar-refractivity contribution in [3.05, 3.63) is 0 Å². The maximum atomic E-state index is 11.6. The maximum absolute atomic E-state index is 11.6. The summed E-state index contributed by atoms with van der Waals surface area (Å²) in [7, 11) is 0. The molecule has 98 valence electrons. The van der Waals surface area contributed by atoms with Crippen LogP contribution in [0.3, 0.4) is 0 Å². The molecule has 7 heteroatoms. The SMILES string of the molecule is CCC(C)C(N)C(=O)N[C@H](CC(N)=O)C(=O)O. The summed E-state index contributed by atoms with van der Waals surface area (Å²) in [5.74, 6) is -2.77. The van der Waals surface area contributed by atoms with Crippen LogP contribution in [0, 0.1) is 5.92 Å². The molecule has 0 heterocycles. The molecule has 0 aromatic heterocycles. The molecule has 0 aromatic carbocycles. The molecule has 0 aliphatic rings. The van der Waals surface area contributed by atoms with E-state index in [4.69, 9.17) is 16.6 Å². The molecular formula is C10H19N3O4. The average Bonchev–Trinajstić information content (AvgIpc) is 2.25. The van der Waals surface area contributed by atoms with Crippen LogP contribution in [0.1, 0.15) is 26.7 Å². The zero-order chi connectivity index (χ0) is 13.6. The third kappa shape index (κ3) is 5.30. The lowest BCUT2D eigenvalue weighted by molar-refractivity contribution is -0.143. The molecule has 0 aliphatic heterocycles. The lowest BCUT2D eigenvalue weighted by Crippen LogP contribution is -2.51. The second kappa shape index (κ2) is 6.85. The largest absolute Gasteiger partial charge is 0.480 e. The first-order chi connectivity index (χ1) is 7.79. The fourth-order valence-electron chi connectivity index (χ4n) is 1.18. The monoisotopic (exact) mass is 245 g/mol. The highest BCUT2D eigenvalue weighted by Crippen LogP contribution is 2.05. The zero-order valence-corrected chi connectivity index (χ0v) is 9.97. The quantitative estimate of drug-likeness (QED) is 0.447. The van der Waals surface area contributed by atoms with Crippen molar-refractivity contribution in [1.82, 2.24) is 5.32 Å². The highest BCUT2D eigenvalue weighted by molar-refractivity contribution is 5.90. The molecule has 0 aliphatic carbocycles. The average molecular weight is 245 g/mol. The predicted octanol–water partition coefficient (Wildman–Crippen LogP) is -1.20. The van der Waals surface area contributed by atoms with Crippen molar-refractivity contribution in [2.24, 2.45) is 17.4 Å². The molecule has 17 heavy (non-hydrogen) atoms. The Bertz CT molecular complexity index is 306. The van der Waals surface area contributed by atoms with Gasteiger partial charge in [-0.3, -0.25) is 9.59 Å². The number of primary amides is 1. The lowest BCUT2D eigenvalue weighted by atomic mass is 9.99. The normalized spacial score (nSPS) is 15.7. The summed E-state index contributed by atoms with van der Waals surface area (Å²) in [6.45, 7) is 3.66. The second-order valence-electron chi connectivity index (χ2n) is 3.98. The third-order valence-corrected chi connectivity index (χ3v) is 2.58. The Kier molecular flexibility index (Phi) is 6.19. The van der Waals surface area contributed by atoms with Crippen LogP contribution >= 0.6 is 0 Å². The zero-order valence-electron chi connectivity index (χ0n) is 9.97. The number of nitrogens with one attached hydrogen (secondary N) is 1. The highest BCUT2D eigenvalue weighted by atomic mass is 16.4. The van der Waals surface area contributed by atoms with Crippen LogP contribution in [0.4, 0.5) is 0 Å². The third-order valence-electron chi connectivity index (χ3n) is 2.58. The molecule has 3 atom stereocenters. The molecule has 2 amide bonds. The molecular weight excluding hydrogens is 226 g/mol. The van der Waals surface area contributed by atoms with Gasteiger partial charge in [0.25, 0.3) is 0 Å². The fraction of sp³-hybridized carbons (Fsp3) is 0.700. The number of hydrogen-bond donors (Lipinski definition) is 4. The number of carbonyl (C=O) groups excluding carboxylic acids is 2. The summed E-state index contributed by atoms with van der Waals surface area (Å²) in [6, 6.07) is -2.12. The standard InChI is InChI=1S/C10H19N3O4/c1-3-5(2)8(12)9(15)13-6(10(16)17)4-7(11)14/h5-6,8H,3-4,12H2,1-2H3,(H2,11,14)(H,13,15)(H,16,17)/t5?,6-,8?/m1/s1. The van der Waals surface area contributed by atoms with Gasteiger partial charge in [-0.1, -0.05) is 20.3 Å². The smallest absolute Gasteiger partial charge is 0.326 e. The first-order valence-corrected chi connectivity index (χ1v) is 5.36. The number of rotatable bonds is 7. The van der Waals surface area contributed by atoms with E-state index >= 15 is 0 Å².